The van der Waals surface area contributed by atoms with Gasteiger partial charge in [0, 0.05) is 31.3 Å². The molecule has 0 aromatic carbocycles. The lowest BCUT2D eigenvalue weighted by molar-refractivity contribution is 0.223. The fourth-order valence-corrected chi connectivity index (χ4v) is 3.24. The summed E-state index contributed by atoms with van der Waals surface area (Å²) >= 11 is 0. The molecule has 0 amide bonds. The first-order valence-electron chi connectivity index (χ1n) is 9.42. The summed E-state index contributed by atoms with van der Waals surface area (Å²) in [5, 5.41) is 23.9. The highest BCUT2D eigenvalue weighted by Gasteiger charge is 2.26. The van der Waals surface area contributed by atoms with Crippen LogP contribution in [-0.2, 0) is 0 Å². The lowest BCUT2D eigenvalue weighted by atomic mass is 10.1. The van der Waals surface area contributed by atoms with E-state index in [0.717, 1.165) is 24.5 Å². The van der Waals surface area contributed by atoms with Crippen LogP contribution < -0.4 is 9.64 Å². The van der Waals surface area contributed by atoms with Crippen molar-refractivity contribution in [3.63, 3.8) is 0 Å². The molecule has 0 saturated carbocycles. The highest BCUT2D eigenvalue weighted by molar-refractivity contribution is 5.46. The molecular formula is C20H21N7O2. The Morgan fingerprint density at radius 2 is 2.10 bits per heavy atom. The van der Waals surface area contributed by atoms with Crippen molar-refractivity contribution in [2.75, 3.05) is 18.0 Å². The minimum Gasteiger partial charge on any atom is -0.493 e. The van der Waals surface area contributed by atoms with Crippen LogP contribution in [0, 0.1) is 11.3 Å². The van der Waals surface area contributed by atoms with Gasteiger partial charge in [0.2, 0.25) is 5.88 Å². The zero-order valence-corrected chi connectivity index (χ0v) is 16.2. The Morgan fingerprint density at radius 1 is 1.28 bits per heavy atom. The van der Waals surface area contributed by atoms with Gasteiger partial charge in [-0.05, 0) is 12.0 Å². The quantitative estimate of drug-likeness (QED) is 0.705. The average molecular weight is 391 g/mol. The van der Waals surface area contributed by atoms with E-state index < -0.39 is 0 Å². The first kappa shape index (κ1) is 18.7. The zero-order chi connectivity index (χ0) is 20.4. The monoisotopic (exact) mass is 391 g/mol. The van der Waals surface area contributed by atoms with Gasteiger partial charge in [-0.2, -0.15) is 15.0 Å². The molecule has 3 aromatic heterocycles. The molecule has 4 heterocycles. The van der Waals surface area contributed by atoms with Gasteiger partial charge in [0.1, 0.15) is 24.3 Å². The molecule has 0 aliphatic carbocycles. The van der Waals surface area contributed by atoms with Crippen LogP contribution in [0.5, 0.6) is 11.6 Å². The predicted octanol–water partition coefficient (Wildman–Crippen LogP) is 2.42. The van der Waals surface area contributed by atoms with Crippen molar-refractivity contribution in [2.24, 2.45) is 0 Å². The van der Waals surface area contributed by atoms with Gasteiger partial charge in [0.15, 0.2) is 11.6 Å². The van der Waals surface area contributed by atoms with E-state index in [4.69, 9.17) is 4.74 Å². The van der Waals surface area contributed by atoms with Crippen LogP contribution >= 0.6 is 0 Å². The number of rotatable bonds is 5. The molecule has 0 bridgehead atoms. The van der Waals surface area contributed by atoms with Gasteiger partial charge >= 0.3 is 0 Å². The highest BCUT2D eigenvalue weighted by Crippen LogP contribution is 2.26. The maximum atomic E-state index is 10.2. The molecule has 29 heavy (non-hydrogen) atoms. The number of nitrogens with zero attached hydrogens (tertiary/aromatic N) is 7. The lowest BCUT2D eigenvalue weighted by Gasteiger charge is -2.18. The maximum absolute atomic E-state index is 10.2. The van der Waals surface area contributed by atoms with E-state index in [2.05, 4.69) is 31.0 Å². The Hall–Kier alpha value is -3.67. The number of nitriles is 1. The van der Waals surface area contributed by atoms with E-state index in [1.807, 2.05) is 13.8 Å². The summed E-state index contributed by atoms with van der Waals surface area (Å²) < 4.78 is 7.40. The van der Waals surface area contributed by atoms with E-state index in [-0.39, 0.29) is 17.9 Å². The van der Waals surface area contributed by atoms with Crippen molar-refractivity contribution >= 4 is 5.82 Å². The van der Waals surface area contributed by atoms with Crippen molar-refractivity contribution in [3.8, 4) is 23.5 Å². The Bertz CT molecular complexity index is 1060. The zero-order valence-electron chi connectivity index (χ0n) is 16.2. The molecule has 3 aromatic rings. The molecule has 0 spiro atoms. The maximum Gasteiger partial charge on any atom is 0.215 e. The van der Waals surface area contributed by atoms with Gasteiger partial charge in [0.05, 0.1) is 24.0 Å². The third-order valence-electron chi connectivity index (χ3n) is 4.82. The van der Waals surface area contributed by atoms with E-state index in [0.29, 0.717) is 23.7 Å². The van der Waals surface area contributed by atoms with Gasteiger partial charge in [0.25, 0.3) is 0 Å². The van der Waals surface area contributed by atoms with Crippen LogP contribution in [0.15, 0.2) is 36.9 Å². The minimum absolute atomic E-state index is 0.0431. The Labute approximate surface area is 168 Å². The fraction of sp³-hybridized carbons (Fsp3) is 0.350. The van der Waals surface area contributed by atoms with Crippen molar-refractivity contribution in [1.29, 1.82) is 5.26 Å². The van der Waals surface area contributed by atoms with Gasteiger partial charge in [-0.15, -0.1) is 0 Å². The van der Waals surface area contributed by atoms with Crippen LogP contribution in [0.4, 0.5) is 5.82 Å². The van der Waals surface area contributed by atoms with E-state index in [1.54, 1.807) is 30.6 Å². The number of aromatic nitrogens is 5. The smallest absolute Gasteiger partial charge is 0.215 e. The third-order valence-corrected chi connectivity index (χ3v) is 4.82. The topological polar surface area (TPSA) is 113 Å². The van der Waals surface area contributed by atoms with E-state index in [9.17, 15) is 10.4 Å². The first-order valence-corrected chi connectivity index (χ1v) is 9.42. The van der Waals surface area contributed by atoms with Gasteiger partial charge in [-0.1, -0.05) is 13.8 Å². The second-order valence-electron chi connectivity index (χ2n) is 7.19. The van der Waals surface area contributed by atoms with Crippen LogP contribution in [0.3, 0.4) is 0 Å². The van der Waals surface area contributed by atoms with Crippen LogP contribution in [0.1, 0.15) is 37.4 Å². The molecule has 1 aliphatic heterocycles. The molecule has 9 heteroatoms. The van der Waals surface area contributed by atoms with Gasteiger partial charge < -0.3 is 14.7 Å². The molecule has 1 N–H and O–H groups in total. The summed E-state index contributed by atoms with van der Waals surface area (Å²) in [5.74, 6) is 1.97. The van der Waals surface area contributed by atoms with Crippen molar-refractivity contribution in [3.05, 3.63) is 48.2 Å². The second-order valence-corrected chi connectivity index (χ2v) is 7.19. The van der Waals surface area contributed by atoms with Crippen molar-refractivity contribution < 1.29 is 9.84 Å². The van der Waals surface area contributed by atoms with Gasteiger partial charge in [-0.25, -0.2) is 9.97 Å². The number of pyridine rings is 1. The number of hydrogen-bond acceptors (Lipinski definition) is 8. The third kappa shape index (κ3) is 3.82. The molecule has 4 rings (SSSR count). The molecule has 0 unspecified atom stereocenters. The Morgan fingerprint density at radius 3 is 2.86 bits per heavy atom. The van der Waals surface area contributed by atoms with Gasteiger partial charge in [-0.3, -0.25) is 4.98 Å². The normalized spacial score (nSPS) is 16.2. The second kappa shape index (κ2) is 7.75. The van der Waals surface area contributed by atoms with Crippen molar-refractivity contribution in [1.82, 2.24) is 24.7 Å². The first-order chi connectivity index (χ1) is 14.0. The van der Waals surface area contributed by atoms with E-state index in [1.165, 1.54) is 11.0 Å². The Balaban J connectivity index is 1.50. The molecular weight excluding hydrogens is 370 g/mol. The average Bonchev–Trinajstić information content (AvgIpc) is 3.35. The largest absolute Gasteiger partial charge is 0.493 e. The molecule has 1 saturated heterocycles. The molecule has 148 valence electrons. The summed E-state index contributed by atoms with van der Waals surface area (Å²) in [6, 6.07) is 7.20. The summed E-state index contributed by atoms with van der Waals surface area (Å²) in [6.45, 7) is 5.41. The predicted molar refractivity (Wildman–Crippen MR) is 105 cm³/mol. The molecule has 9 nitrogen and oxygen atoms in total. The fourth-order valence-electron chi connectivity index (χ4n) is 3.24. The molecule has 0 radical (unpaired) electrons. The number of hydrogen-bond donors (Lipinski definition) is 1. The lowest BCUT2D eigenvalue weighted by Crippen LogP contribution is -2.25. The Kier molecular flexibility index (Phi) is 4.99. The minimum atomic E-state index is -0.0737. The molecule has 1 atom stereocenters. The SMILES string of the molecule is CC(C)c1cc(O)n(-c2cc(N3CC[C@H](Oc4cnccc4C#N)C3)ncn2)n1. The standard InChI is InChI=1S/C20H21N7O2/c1-13(2)16-7-20(28)27(25-16)19-8-18(23-12-24-19)26-6-4-15(11-26)29-17-10-22-5-3-14(17)9-21/h3,5,7-8,10,12-13,15,28H,4,6,11H2,1-2H3/t15-/m0/s1. The summed E-state index contributed by atoms with van der Waals surface area (Å²) in [4.78, 5) is 14.7. The molecule has 1 aliphatic rings. The summed E-state index contributed by atoms with van der Waals surface area (Å²) in [5.41, 5.74) is 1.26. The van der Waals surface area contributed by atoms with E-state index >= 15 is 0 Å². The number of anilines is 1. The summed E-state index contributed by atoms with van der Waals surface area (Å²) in [7, 11) is 0. The molecule has 1 fully saturated rings. The highest BCUT2D eigenvalue weighted by atomic mass is 16.5. The summed E-state index contributed by atoms with van der Waals surface area (Å²) in [6.07, 6.45) is 5.32. The number of aromatic hydroxyl groups is 1. The van der Waals surface area contributed by atoms with Crippen LogP contribution in [0.25, 0.3) is 5.82 Å². The number of ether oxygens (including phenoxy) is 1. The van der Waals surface area contributed by atoms with Crippen LogP contribution in [0.2, 0.25) is 0 Å². The van der Waals surface area contributed by atoms with Crippen molar-refractivity contribution in [2.45, 2.75) is 32.3 Å². The van der Waals surface area contributed by atoms with Crippen LogP contribution in [-0.4, -0.2) is 49.0 Å².